The Balaban J connectivity index is 2.47. The van der Waals surface area contributed by atoms with E-state index in [-0.39, 0.29) is 6.54 Å². The summed E-state index contributed by atoms with van der Waals surface area (Å²) in [6.07, 6.45) is 1.93. The van der Waals surface area contributed by atoms with Crippen LogP contribution in [0.25, 0.3) is 0 Å². The molecule has 22 heavy (non-hydrogen) atoms. The molecule has 1 aromatic rings. The molecule has 1 atom stereocenters. The Morgan fingerprint density at radius 1 is 1.32 bits per heavy atom. The molecule has 0 saturated heterocycles. The number of rotatable bonds is 8. The summed E-state index contributed by atoms with van der Waals surface area (Å²) < 4.78 is 0.759. The Kier molecular flexibility index (Phi) is 7.59. The van der Waals surface area contributed by atoms with E-state index in [9.17, 15) is 14.4 Å². The Morgan fingerprint density at radius 3 is 2.64 bits per heavy atom. The molecule has 0 aliphatic rings. The minimum atomic E-state index is -1.07. The first kappa shape index (κ1) is 18.2. The van der Waals surface area contributed by atoms with E-state index in [1.807, 2.05) is 6.92 Å². The number of amides is 2. The van der Waals surface area contributed by atoms with Crippen molar-refractivity contribution in [1.29, 1.82) is 0 Å². The van der Waals surface area contributed by atoms with Crippen LogP contribution in [-0.4, -0.2) is 35.5 Å². The third-order valence-corrected chi connectivity index (χ3v) is 3.47. The highest BCUT2D eigenvalue weighted by molar-refractivity contribution is 9.10. The second-order valence-electron chi connectivity index (χ2n) is 4.79. The summed E-state index contributed by atoms with van der Waals surface area (Å²) in [6.45, 7) is 1.68. The monoisotopic (exact) mass is 370 g/mol. The average molecular weight is 371 g/mol. The molecule has 6 nitrogen and oxygen atoms in total. The van der Waals surface area contributed by atoms with Crippen molar-refractivity contribution in [3.63, 3.8) is 0 Å². The lowest BCUT2D eigenvalue weighted by molar-refractivity contribution is -0.141. The molecule has 7 heteroatoms. The Bertz CT molecular complexity index is 548. The van der Waals surface area contributed by atoms with Gasteiger partial charge in [-0.3, -0.25) is 9.59 Å². The van der Waals surface area contributed by atoms with Gasteiger partial charge in [0.25, 0.3) is 5.91 Å². The summed E-state index contributed by atoms with van der Waals surface area (Å²) in [6, 6.07) is 5.84. The molecule has 0 aromatic heterocycles. The molecule has 0 aliphatic carbocycles. The fourth-order valence-electron chi connectivity index (χ4n) is 1.80. The highest BCUT2D eigenvalue weighted by atomic mass is 79.9. The zero-order chi connectivity index (χ0) is 16.5. The van der Waals surface area contributed by atoms with Crippen LogP contribution in [0.5, 0.6) is 0 Å². The van der Waals surface area contributed by atoms with Gasteiger partial charge in [0.1, 0.15) is 6.04 Å². The lowest BCUT2D eigenvalue weighted by Crippen LogP contribution is -2.45. The van der Waals surface area contributed by atoms with Crippen LogP contribution in [0.4, 0.5) is 0 Å². The van der Waals surface area contributed by atoms with E-state index in [2.05, 4.69) is 26.6 Å². The van der Waals surface area contributed by atoms with Gasteiger partial charge in [-0.2, -0.15) is 0 Å². The maximum absolute atomic E-state index is 11.9. The second-order valence-corrected chi connectivity index (χ2v) is 5.71. The second kappa shape index (κ2) is 9.19. The molecule has 1 rings (SSSR count). The van der Waals surface area contributed by atoms with Gasteiger partial charge in [-0.1, -0.05) is 41.8 Å². The van der Waals surface area contributed by atoms with Gasteiger partial charge in [-0.15, -0.1) is 0 Å². The SMILES string of the molecule is CCCC[C@H](NC(=O)CNC(=O)c1cccc(Br)c1)C(=O)O. The molecule has 0 heterocycles. The maximum atomic E-state index is 11.9. The van der Waals surface area contributed by atoms with Crippen molar-refractivity contribution in [3.05, 3.63) is 34.3 Å². The van der Waals surface area contributed by atoms with Crippen molar-refractivity contribution in [2.75, 3.05) is 6.54 Å². The van der Waals surface area contributed by atoms with Crippen molar-refractivity contribution in [3.8, 4) is 0 Å². The summed E-state index contributed by atoms with van der Waals surface area (Å²) in [4.78, 5) is 34.6. The van der Waals surface area contributed by atoms with E-state index in [1.165, 1.54) is 0 Å². The van der Waals surface area contributed by atoms with Gasteiger partial charge >= 0.3 is 5.97 Å². The highest BCUT2D eigenvalue weighted by Crippen LogP contribution is 2.11. The van der Waals surface area contributed by atoms with E-state index in [0.717, 1.165) is 10.9 Å². The Morgan fingerprint density at radius 2 is 2.05 bits per heavy atom. The van der Waals surface area contributed by atoms with Crippen LogP contribution < -0.4 is 10.6 Å². The van der Waals surface area contributed by atoms with Gasteiger partial charge in [0.05, 0.1) is 6.54 Å². The van der Waals surface area contributed by atoms with Crippen molar-refractivity contribution < 1.29 is 19.5 Å². The van der Waals surface area contributed by atoms with Crippen LogP contribution in [0.2, 0.25) is 0 Å². The molecule has 0 unspecified atom stereocenters. The van der Waals surface area contributed by atoms with Crippen LogP contribution in [0.3, 0.4) is 0 Å². The number of nitrogens with one attached hydrogen (secondary N) is 2. The number of hydrogen-bond acceptors (Lipinski definition) is 3. The normalized spacial score (nSPS) is 11.5. The fourth-order valence-corrected chi connectivity index (χ4v) is 2.20. The highest BCUT2D eigenvalue weighted by Gasteiger charge is 2.19. The number of carbonyl (C=O) groups excluding carboxylic acids is 2. The third-order valence-electron chi connectivity index (χ3n) is 2.98. The third kappa shape index (κ3) is 6.26. The predicted octanol–water partition coefficient (Wildman–Crippen LogP) is 1.94. The standard InChI is InChI=1S/C15H19BrN2O4/c1-2-3-7-12(15(21)22)18-13(19)9-17-14(20)10-5-4-6-11(16)8-10/h4-6,8,12H,2-3,7,9H2,1H3,(H,17,20)(H,18,19)(H,21,22)/t12-/m0/s1. The minimum Gasteiger partial charge on any atom is -0.480 e. The molecule has 3 N–H and O–H groups in total. The van der Waals surface area contributed by atoms with E-state index in [0.29, 0.717) is 18.4 Å². The molecule has 0 radical (unpaired) electrons. The maximum Gasteiger partial charge on any atom is 0.326 e. The molecule has 2 amide bonds. The number of unbranched alkanes of at least 4 members (excludes halogenated alkanes) is 1. The summed E-state index contributed by atoms with van der Waals surface area (Å²) in [5.41, 5.74) is 0.419. The van der Waals surface area contributed by atoms with E-state index in [1.54, 1.807) is 24.3 Å². The molecular weight excluding hydrogens is 352 g/mol. The number of carboxylic acid groups (broad SMARTS) is 1. The zero-order valence-electron chi connectivity index (χ0n) is 12.3. The first-order valence-electron chi connectivity index (χ1n) is 7.00. The molecule has 1 aromatic carbocycles. The largest absolute Gasteiger partial charge is 0.480 e. The lowest BCUT2D eigenvalue weighted by Gasteiger charge is -2.14. The number of benzene rings is 1. The number of halogens is 1. The average Bonchev–Trinajstić information content (AvgIpc) is 2.48. The van der Waals surface area contributed by atoms with Gasteiger partial charge in [0, 0.05) is 10.0 Å². The van der Waals surface area contributed by atoms with Crippen LogP contribution in [0.15, 0.2) is 28.7 Å². The number of carbonyl (C=O) groups is 3. The predicted molar refractivity (Wildman–Crippen MR) is 85.6 cm³/mol. The van der Waals surface area contributed by atoms with Gasteiger partial charge < -0.3 is 15.7 Å². The summed E-state index contributed by atoms with van der Waals surface area (Å²) >= 11 is 3.26. The zero-order valence-corrected chi connectivity index (χ0v) is 13.9. The molecule has 120 valence electrons. The fraction of sp³-hybridized carbons (Fsp3) is 0.400. The Labute approximate surface area is 137 Å². The summed E-state index contributed by atoms with van der Waals surface area (Å²) in [5.74, 6) is -1.98. The summed E-state index contributed by atoms with van der Waals surface area (Å²) in [5, 5.41) is 13.9. The number of carboxylic acids is 1. The quantitative estimate of drug-likeness (QED) is 0.651. The number of aliphatic carboxylic acids is 1. The molecule has 0 spiro atoms. The summed E-state index contributed by atoms with van der Waals surface area (Å²) in [7, 11) is 0. The first-order valence-corrected chi connectivity index (χ1v) is 7.79. The molecule has 0 fully saturated rings. The molecule has 0 aliphatic heterocycles. The lowest BCUT2D eigenvalue weighted by atomic mass is 10.1. The van der Waals surface area contributed by atoms with Gasteiger partial charge in [-0.25, -0.2) is 4.79 Å². The smallest absolute Gasteiger partial charge is 0.326 e. The van der Waals surface area contributed by atoms with Crippen LogP contribution >= 0.6 is 15.9 Å². The molecular formula is C15H19BrN2O4. The van der Waals surface area contributed by atoms with Crippen LogP contribution in [-0.2, 0) is 9.59 Å². The van der Waals surface area contributed by atoms with Gasteiger partial charge in [0.15, 0.2) is 0 Å². The first-order chi connectivity index (χ1) is 10.4. The van der Waals surface area contributed by atoms with Crippen molar-refractivity contribution in [2.24, 2.45) is 0 Å². The van der Waals surface area contributed by atoms with E-state index >= 15 is 0 Å². The molecule has 0 saturated carbocycles. The van der Waals surface area contributed by atoms with Crippen molar-refractivity contribution >= 4 is 33.7 Å². The number of hydrogen-bond donors (Lipinski definition) is 3. The van der Waals surface area contributed by atoms with Gasteiger partial charge in [0.2, 0.25) is 5.91 Å². The van der Waals surface area contributed by atoms with Crippen molar-refractivity contribution in [1.82, 2.24) is 10.6 Å². The van der Waals surface area contributed by atoms with Crippen molar-refractivity contribution in [2.45, 2.75) is 32.2 Å². The van der Waals surface area contributed by atoms with Crippen LogP contribution in [0.1, 0.15) is 36.5 Å². The van der Waals surface area contributed by atoms with Crippen LogP contribution in [0, 0.1) is 0 Å². The van der Waals surface area contributed by atoms with Gasteiger partial charge in [-0.05, 0) is 24.6 Å². The topological polar surface area (TPSA) is 95.5 Å². The molecule has 0 bridgehead atoms. The van der Waals surface area contributed by atoms with E-state index in [4.69, 9.17) is 5.11 Å². The van der Waals surface area contributed by atoms with E-state index < -0.39 is 23.8 Å². The Hall–Kier alpha value is -1.89. The minimum absolute atomic E-state index is 0.263.